The second-order valence-electron chi connectivity index (χ2n) is 5.92. The quantitative estimate of drug-likeness (QED) is 0.818. The molecule has 0 aromatic heterocycles. The number of hydrogen-bond donors (Lipinski definition) is 2. The zero-order valence-corrected chi connectivity index (χ0v) is 13.2. The Morgan fingerprint density at radius 1 is 1.29 bits per heavy atom. The van der Waals surface area contributed by atoms with Gasteiger partial charge in [-0.05, 0) is 31.6 Å². The monoisotopic (exact) mass is 316 g/mol. The fraction of sp³-hybridized carbons (Fsp3) is 0.857. The van der Waals surface area contributed by atoms with E-state index in [-0.39, 0.29) is 12.1 Å². The molecule has 2 rings (SSSR count). The first-order chi connectivity index (χ1) is 10.0. The second kappa shape index (κ2) is 7.24. The highest BCUT2D eigenvalue weighted by molar-refractivity contribution is 7.85. The molecule has 2 amide bonds. The van der Waals surface area contributed by atoms with Crippen LogP contribution in [0.5, 0.6) is 0 Å². The molecule has 2 N–H and O–H groups in total. The van der Waals surface area contributed by atoms with Gasteiger partial charge in [-0.15, -0.1) is 0 Å². The third-order valence-electron chi connectivity index (χ3n) is 4.55. The van der Waals surface area contributed by atoms with Crippen molar-refractivity contribution in [1.82, 2.24) is 10.2 Å². The van der Waals surface area contributed by atoms with E-state index in [1.807, 2.05) is 0 Å². The van der Waals surface area contributed by atoms with Gasteiger partial charge in [0.15, 0.2) is 0 Å². The molecule has 6 nitrogen and oxygen atoms in total. The Kier molecular flexibility index (Phi) is 5.61. The molecule has 0 aromatic rings. The maximum Gasteiger partial charge on any atom is 0.326 e. The zero-order chi connectivity index (χ0) is 15.4. The topological polar surface area (TPSA) is 86.7 Å². The number of carboxylic acid groups (broad SMARTS) is 1. The minimum atomic E-state index is -0.923. The van der Waals surface area contributed by atoms with Crippen molar-refractivity contribution < 1.29 is 18.9 Å². The lowest BCUT2D eigenvalue weighted by molar-refractivity contribution is -0.144. The number of carbonyl (C=O) groups is 2. The summed E-state index contributed by atoms with van der Waals surface area (Å²) in [4.78, 5) is 25.2. The number of carboxylic acids is 1. The van der Waals surface area contributed by atoms with Crippen LogP contribution in [0, 0.1) is 5.92 Å². The summed E-state index contributed by atoms with van der Waals surface area (Å²) in [5, 5.41) is 12.3. The van der Waals surface area contributed by atoms with Crippen molar-refractivity contribution in [2.45, 2.75) is 51.1 Å². The third-order valence-corrected chi connectivity index (χ3v) is 5.93. The number of urea groups is 1. The number of nitrogens with one attached hydrogen (secondary N) is 1. The lowest BCUT2D eigenvalue weighted by Gasteiger charge is -2.38. The Balaban J connectivity index is 1.93. The molecule has 2 aliphatic heterocycles. The standard InChI is InChI=1S/C14H24N2O4S/c1-2-10-3-6-16(12(9-10)13(17)18)14(19)15-11-4-7-21(20)8-5-11/h10-12H,2-9H2,1H3,(H,15,19)(H,17,18). The fourth-order valence-electron chi connectivity index (χ4n) is 3.08. The summed E-state index contributed by atoms with van der Waals surface area (Å²) >= 11 is 0. The number of amides is 2. The van der Waals surface area contributed by atoms with Crippen LogP contribution in [0.1, 0.15) is 39.0 Å². The van der Waals surface area contributed by atoms with E-state index in [2.05, 4.69) is 12.2 Å². The number of nitrogens with zero attached hydrogens (tertiary/aromatic N) is 1. The molecule has 0 saturated carbocycles. The third kappa shape index (κ3) is 4.18. The van der Waals surface area contributed by atoms with E-state index >= 15 is 0 Å². The molecule has 2 aliphatic rings. The molecule has 21 heavy (non-hydrogen) atoms. The molecule has 0 radical (unpaired) electrons. The molecule has 0 aliphatic carbocycles. The van der Waals surface area contributed by atoms with Crippen molar-refractivity contribution in [2.75, 3.05) is 18.1 Å². The minimum absolute atomic E-state index is 0.0218. The molecule has 2 atom stereocenters. The average Bonchev–Trinajstić information content (AvgIpc) is 2.48. The highest BCUT2D eigenvalue weighted by Crippen LogP contribution is 2.26. The molecule has 0 aromatic carbocycles. The van der Waals surface area contributed by atoms with Gasteiger partial charge in [0, 0.05) is 34.9 Å². The highest BCUT2D eigenvalue weighted by atomic mass is 32.2. The lowest BCUT2D eigenvalue weighted by atomic mass is 9.89. The molecule has 2 heterocycles. The van der Waals surface area contributed by atoms with Gasteiger partial charge in [-0.25, -0.2) is 9.59 Å². The van der Waals surface area contributed by atoms with Gasteiger partial charge < -0.3 is 15.3 Å². The lowest BCUT2D eigenvalue weighted by Crippen LogP contribution is -2.55. The van der Waals surface area contributed by atoms with Gasteiger partial charge in [0.1, 0.15) is 6.04 Å². The molecule has 2 saturated heterocycles. The summed E-state index contributed by atoms with van der Waals surface area (Å²) in [5.41, 5.74) is 0. The number of hydrogen-bond acceptors (Lipinski definition) is 3. The van der Waals surface area contributed by atoms with Gasteiger partial charge >= 0.3 is 12.0 Å². The summed E-state index contributed by atoms with van der Waals surface area (Å²) in [6, 6.07) is -0.982. The van der Waals surface area contributed by atoms with Crippen LogP contribution in [-0.4, -0.2) is 56.3 Å². The van der Waals surface area contributed by atoms with Gasteiger partial charge in [-0.3, -0.25) is 4.21 Å². The summed E-state index contributed by atoms with van der Waals surface area (Å²) in [6.45, 7) is 2.56. The van der Waals surface area contributed by atoms with Crippen molar-refractivity contribution >= 4 is 22.8 Å². The first kappa shape index (κ1) is 16.3. The molecule has 0 bridgehead atoms. The Hall–Kier alpha value is -1.11. The van der Waals surface area contributed by atoms with Gasteiger partial charge in [0.2, 0.25) is 0 Å². The van der Waals surface area contributed by atoms with E-state index in [0.717, 1.165) is 12.8 Å². The van der Waals surface area contributed by atoms with E-state index in [0.29, 0.717) is 43.2 Å². The van der Waals surface area contributed by atoms with Crippen LogP contribution in [0.4, 0.5) is 4.79 Å². The summed E-state index contributed by atoms with van der Waals surface area (Å²) < 4.78 is 11.3. The van der Waals surface area contributed by atoms with E-state index in [1.54, 1.807) is 0 Å². The minimum Gasteiger partial charge on any atom is -0.480 e. The molecule has 2 unspecified atom stereocenters. The first-order valence-electron chi connectivity index (χ1n) is 7.66. The molecule has 2 fully saturated rings. The van der Waals surface area contributed by atoms with Crippen molar-refractivity contribution in [3.63, 3.8) is 0 Å². The van der Waals surface area contributed by atoms with Crippen LogP contribution >= 0.6 is 0 Å². The largest absolute Gasteiger partial charge is 0.480 e. The van der Waals surface area contributed by atoms with Crippen LogP contribution in [0.15, 0.2) is 0 Å². The Bertz CT molecular complexity index is 419. The van der Waals surface area contributed by atoms with Gasteiger partial charge in [0.25, 0.3) is 0 Å². The van der Waals surface area contributed by atoms with Crippen LogP contribution < -0.4 is 5.32 Å². The van der Waals surface area contributed by atoms with Crippen molar-refractivity contribution in [1.29, 1.82) is 0 Å². The number of likely N-dealkylation sites (tertiary alicyclic amines) is 1. The van der Waals surface area contributed by atoms with Crippen LogP contribution in [0.2, 0.25) is 0 Å². The van der Waals surface area contributed by atoms with Gasteiger partial charge in [-0.1, -0.05) is 13.3 Å². The van der Waals surface area contributed by atoms with Gasteiger partial charge in [0.05, 0.1) is 0 Å². The highest BCUT2D eigenvalue weighted by Gasteiger charge is 2.36. The van der Waals surface area contributed by atoms with Crippen LogP contribution in [-0.2, 0) is 15.6 Å². The Labute approximate surface area is 127 Å². The number of piperidine rings is 1. The summed E-state index contributed by atoms with van der Waals surface area (Å²) in [7, 11) is -0.760. The van der Waals surface area contributed by atoms with Crippen molar-refractivity contribution in [2.24, 2.45) is 5.92 Å². The maximum atomic E-state index is 12.3. The molecule has 0 spiro atoms. The van der Waals surface area contributed by atoms with E-state index in [9.17, 15) is 18.9 Å². The van der Waals surface area contributed by atoms with E-state index < -0.39 is 22.8 Å². The maximum absolute atomic E-state index is 12.3. The molecule has 7 heteroatoms. The second-order valence-corrected chi connectivity index (χ2v) is 7.61. The number of carbonyl (C=O) groups excluding carboxylic acids is 1. The number of aliphatic carboxylic acids is 1. The SMILES string of the molecule is CCC1CCN(C(=O)NC2CCS(=O)CC2)C(C(=O)O)C1. The van der Waals surface area contributed by atoms with Gasteiger partial charge in [-0.2, -0.15) is 0 Å². The predicted molar refractivity (Wildman–Crippen MR) is 80.6 cm³/mol. The van der Waals surface area contributed by atoms with Crippen molar-refractivity contribution in [3.8, 4) is 0 Å². The summed E-state index contributed by atoms with van der Waals surface area (Å²) in [6.07, 6.45) is 3.77. The summed E-state index contributed by atoms with van der Waals surface area (Å²) in [5.74, 6) is 0.691. The Morgan fingerprint density at radius 2 is 1.95 bits per heavy atom. The molecular weight excluding hydrogens is 292 g/mol. The Morgan fingerprint density at radius 3 is 2.52 bits per heavy atom. The smallest absolute Gasteiger partial charge is 0.326 e. The first-order valence-corrected chi connectivity index (χ1v) is 9.15. The average molecular weight is 316 g/mol. The van der Waals surface area contributed by atoms with Crippen LogP contribution in [0.3, 0.4) is 0 Å². The predicted octanol–water partition coefficient (Wildman–Crippen LogP) is 1.18. The van der Waals surface area contributed by atoms with Crippen molar-refractivity contribution in [3.05, 3.63) is 0 Å². The van der Waals surface area contributed by atoms with E-state index in [1.165, 1.54) is 4.90 Å². The van der Waals surface area contributed by atoms with E-state index in [4.69, 9.17) is 0 Å². The molecule has 120 valence electrons. The number of rotatable bonds is 3. The zero-order valence-electron chi connectivity index (χ0n) is 12.4. The fourth-order valence-corrected chi connectivity index (χ4v) is 4.38. The molecular formula is C14H24N2O4S. The normalized spacial score (nSPS) is 33.5. The van der Waals surface area contributed by atoms with Crippen LogP contribution in [0.25, 0.3) is 0 Å².